The highest BCUT2D eigenvalue weighted by Gasteiger charge is 2.16. The van der Waals surface area contributed by atoms with Gasteiger partial charge in [-0.2, -0.15) is 0 Å². The van der Waals surface area contributed by atoms with Crippen molar-refractivity contribution in [3.63, 3.8) is 0 Å². The van der Waals surface area contributed by atoms with Crippen LogP contribution in [0.3, 0.4) is 0 Å². The van der Waals surface area contributed by atoms with Crippen molar-refractivity contribution in [1.82, 2.24) is 4.72 Å². The van der Waals surface area contributed by atoms with Crippen LogP contribution in [0.25, 0.3) is 0 Å². The van der Waals surface area contributed by atoms with Crippen molar-refractivity contribution in [2.75, 3.05) is 7.05 Å². The molecule has 5 heteroatoms. The van der Waals surface area contributed by atoms with Crippen molar-refractivity contribution in [2.45, 2.75) is 17.6 Å². The Labute approximate surface area is 76.5 Å². The van der Waals surface area contributed by atoms with E-state index in [-0.39, 0.29) is 0 Å². The summed E-state index contributed by atoms with van der Waals surface area (Å²) in [7, 11) is -1.80. The Morgan fingerprint density at radius 3 is 2.75 bits per heavy atom. The molecular formula is C7H11NO2S2. The van der Waals surface area contributed by atoms with Crippen LogP contribution in [-0.4, -0.2) is 15.5 Å². The second-order valence-corrected chi connectivity index (χ2v) is 5.29. The smallest absolute Gasteiger partial charge is 0.214 e. The maximum atomic E-state index is 11.3. The minimum atomic E-state index is -3.23. The Morgan fingerprint density at radius 1 is 1.58 bits per heavy atom. The first-order valence-electron chi connectivity index (χ1n) is 3.61. The van der Waals surface area contributed by atoms with Gasteiger partial charge in [-0.25, -0.2) is 13.1 Å². The third-order valence-corrected chi connectivity index (χ3v) is 4.58. The molecule has 12 heavy (non-hydrogen) atoms. The molecule has 0 aliphatic rings. The molecule has 0 unspecified atom stereocenters. The van der Waals surface area contributed by atoms with E-state index in [2.05, 4.69) is 4.72 Å². The molecule has 68 valence electrons. The van der Waals surface area contributed by atoms with E-state index >= 15 is 0 Å². The van der Waals surface area contributed by atoms with Gasteiger partial charge in [-0.3, -0.25) is 0 Å². The van der Waals surface area contributed by atoms with E-state index in [0.29, 0.717) is 4.21 Å². The number of aryl methyl sites for hydroxylation is 1. The van der Waals surface area contributed by atoms with Gasteiger partial charge in [0.25, 0.3) is 0 Å². The zero-order valence-electron chi connectivity index (χ0n) is 6.99. The summed E-state index contributed by atoms with van der Waals surface area (Å²) in [5.74, 6) is 0. The van der Waals surface area contributed by atoms with Gasteiger partial charge in [-0.1, -0.05) is 6.92 Å². The van der Waals surface area contributed by atoms with Crippen LogP contribution in [0, 0.1) is 0 Å². The number of hydrogen-bond donors (Lipinski definition) is 1. The minimum Gasteiger partial charge on any atom is -0.214 e. The zero-order valence-corrected chi connectivity index (χ0v) is 8.63. The first kappa shape index (κ1) is 9.70. The number of rotatable bonds is 3. The van der Waals surface area contributed by atoms with Gasteiger partial charge in [0.05, 0.1) is 0 Å². The molecule has 0 aliphatic heterocycles. The molecule has 1 rings (SSSR count). The standard InChI is InChI=1S/C7H11NO2S2/c1-3-6-4-5-11-7(6)12(9,10)8-2/h4-5,8H,3H2,1-2H3. The Hall–Kier alpha value is -0.390. The fourth-order valence-corrected chi connectivity index (χ4v) is 3.30. The summed E-state index contributed by atoms with van der Waals surface area (Å²) in [5, 5.41) is 1.79. The fraction of sp³-hybridized carbons (Fsp3) is 0.429. The van der Waals surface area contributed by atoms with Gasteiger partial charge in [0.15, 0.2) is 0 Å². The van der Waals surface area contributed by atoms with Crippen molar-refractivity contribution >= 4 is 21.4 Å². The third-order valence-electron chi connectivity index (χ3n) is 1.60. The van der Waals surface area contributed by atoms with Crippen molar-refractivity contribution in [3.8, 4) is 0 Å². The van der Waals surface area contributed by atoms with E-state index in [1.54, 1.807) is 5.38 Å². The molecule has 0 atom stereocenters. The number of thiophene rings is 1. The second kappa shape index (κ2) is 3.55. The number of nitrogens with one attached hydrogen (secondary N) is 1. The first-order chi connectivity index (χ1) is 5.61. The predicted molar refractivity (Wildman–Crippen MR) is 49.9 cm³/mol. The summed E-state index contributed by atoms with van der Waals surface area (Å²) in [4.78, 5) is 0. The van der Waals surface area contributed by atoms with Crippen molar-refractivity contribution in [3.05, 3.63) is 17.0 Å². The molecule has 0 radical (unpaired) electrons. The lowest BCUT2D eigenvalue weighted by atomic mass is 10.3. The van der Waals surface area contributed by atoms with E-state index in [9.17, 15) is 8.42 Å². The minimum absolute atomic E-state index is 0.438. The van der Waals surface area contributed by atoms with Gasteiger partial charge >= 0.3 is 0 Å². The maximum absolute atomic E-state index is 11.3. The number of hydrogen-bond acceptors (Lipinski definition) is 3. The fourth-order valence-electron chi connectivity index (χ4n) is 0.912. The summed E-state index contributed by atoms with van der Waals surface area (Å²) >= 11 is 1.26. The van der Waals surface area contributed by atoms with Gasteiger partial charge in [-0.15, -0.1) is 11.3 Å². The molecule has 0 amide bonds. The highest BCUT2D eigenvalue weighted by Crippen LogP contribution is 2.22. The summed E-state index contributed by atoms with van der Waals surface area (Å²) in [6.45, 7) is 1.94. The van der Waals surface area contributed by atoms with E-state index in [1.165, 1.54) is 18.4 Å². The molecule has 1 aromatic heterocycles. The normalized spacial score (nSPS) is 11.8. The first-order valence-corrected chi connectivity index (χ1v) is 5.98. The van der Waals surface area contributed by atoms with Crippen LogP contribution in [0.1, 0.15) is 12.5 Å². The molecule has 1 N–H and O–H groups in total. The molecule has 0 spiro atoms. The Morgan fingerprint density at radius 2 is 2.25 bits per heavy atom. The van der Waals surface area contributed by atoms with Crippen molar-refractivity contribution in [1.29, 1.82) is 0 Å². The Balaban J connectivity index is 3.19. The van der Waals surface area contributed by atoms with Gasteiger partial charge in [0.1, 0.15) is 4.21 Å². The Kier molecular flexibility index (Phi) is 2.87. The van der Waals surface area contributed by atoms with Crippen LogP contribution in [0.15, 0.2) is 15.7 Å². The molecule has 0 saturated carbocycles. The summed E-state index contributed by atoms with van der Waals surface area (Å²) in [6, 6.07) is 1.84. The topological polar surface area (TPSA) is 46.2 Å². The molecule has 0 fully saturated rings. The monoisotopic (exact) mass is 205 g/mol. The molecule has 0 aromatic carbocycles. The van der Waals surface area contributed by atoms with Gasteiger partial charge in [-0.05, 0) is 30.5 Å². The van der Waals surface area contributed by atoms with Crippen LogP contribution in [0.2, 0.25) is 0 Å². The molecule has 0 bridgehead atoms. The Bertz CT molecular complexity index is 353. The summed E-state index contributed by atoms with van der Waals surface area (Å²) in [5.41, 5.74) is 0.884. The highest BCUT2D eigenvalue weighted by atomic mass is 32.2. The van der Waals surface area contributed by atoms with E-state index < -0.39 is 10.0 Å². The lowest BCUT2D eigenvalue weighted by Crippen LogP contribution is -2.18. The summed E-state index contributed by atoms with van der Waals surface area (Å²) in [6.07, 6.45) is 0.750. The molecule has 1 aromatic rings. The lowest BCUT2D eigenvalue weighted by Gasteiger charge is -2.00. The average molecular weight is 205 g/mol. The number of sulfonamides is 1. The average Bonchev–Trinajstić information content (AvgIpc) is 2.52. The van der Waals surface area contributed by atoms with Gasteiger partial charge < -0.3 is 0 Å². The van der Waals surface area contributed by atoms with Gasteiger partial charge in [0.2, 0.25) is 10.0 Å². The highest BCUT2D eigenvalue weighted by molar-refractivity contribution is 7.91. The van der Waals surface area contributed by atoms with E-state index in [0.717, 1.165) is 12.0 Å². The quantitative estimate of drug-likeness (QED) is 0.806. The van der Waals surface area contributed by atoms with E-state index in [4.69, 9.17) is 0 Å². The van der Waals surface area contributed by atoms with Crippen molar-refractivity contribution < 1.29 is 8.42 Å². The molecule has 0 aliphatic carbocycles. The predicted octanol–water partition coefficient (Wildman–Crippen LogP) is 1.22. The zero-order chi connectivity index (χ0) is 9.19. The second-order valence-electron chi connectivity index (χ2n) is 2.29. The largest absolute Gasteiger partial charge is 0.250 e. The van der Waals surface area contributed by atoms with Crippen molar-refractivity contribution in [2.24, 2.45) is 0 Å². The van der Waals surface area contributed by atoms with Gasteiger partial charge in [0, 0.05) is 0 Å². The molecule has 1 heterocycles. The molecular weight excluding hydrogens is 194 g/mol. The van der Waals surface area contributed by atoms with Crippen LogP contribution in [0.5, 0.6) is 0 Å². The lowest BCUT2D eigenvalue weighted by molar-refractivity contribution is 0.589. The maximum Gasteiger partial charge on any atom is 0.250 e. The molecule has 0 saturated heterocycles. The van der Waals surface area contributed by atoms with Crippen LogP contribution in [0.4, 0.5) is 0 Å². The van der Waals surface area contributed by atoms with E-state index in [1.807, 2.05) is 13.0 Å². The SMILES string of the molecule is CCc1ccsc1S(=O)(=O)NC. The van der Waals surface area contributed by atoms with Crippen LogP contribution < -0.4 is 4.72 Å². The summed E-state index contributed by atoms with van der Waals surface area (Å²) < 4.78 is 25.4. The third kappa shape index (κ3) is 1.68. The molecule has 3 nitrogen and oxygen atoms in total. The van der Waals surface area contributed by atoms with Crippen LogP contribution in [-0.2, 0) is 16.4 Å². The van der Waals surface area contributed by atoms with Crippen LogP contribution >= 0.6 is 11.3 Å².